The van der Waals surface area contributed by atoms with Gasteiger partial charge in [0.2, 0.25) is 5.91 Å². The Bertz CT molecular complexity index is 611. The van der Waals surface area contributed by atoms with Gasteiger partial charge in [0.15, 0.2) is 9.84 Å². The van der Waals surface area contributed by atoms with Gasteiger partial charge >= 0.3 is 0 Å². The first-order valence-electron chi connectivity index (χ1n) is 7.38. The van der Waals surface area contributed by atoms with Gasteiger partial charge in [0, 0.05) is 12.1 Å². The summed E-state index contributed by atoms with van der Waals surface area (Å²) in [7, 11) is -3.15. The number of nitrogens with one attached hydrogen (secondary N) is 1. The van der Waals surface area contributed by atoms with Gasteiger partial charge in [0.25, 0.3) is 0 Å². The quantitative estimate of drug-likeness (QED) is 0.752. The zero-order valence-electron chi connectivity index (χ0n) is 12.1. The average molecular weight is 310 g/mol. The number of rotatable bonds is 7. The fraction of sp³-hybridized carbons (Fsp3) is 0.533. The van der Waals surface area contributed by atoms with Crippen LogP contribution in [-0.4, -0.2) is 26.6 Å². The van der Waals surface area contributed by atoms with E-state index in [4.69, 9.17) is 5.73 Å². The largest absolute Gasteiger partial charge is 0.330 e. The van der Waals surface area contributed by atoms with Crippen molar-refractivity contribution in [2.45, 2.75) is 43.4 Å². The summed E-state index contributed by atoms with van der Waals surface area (Å²) in [6.07, 6.45) is 4.87. The SMILES string of the molecule is NCCCCCCC(=O)Nc1ccc2c(c1)S(=O)(=O)CC2. The first-order valence-corrected chi connectivity index (χ1v) is 9.04. The molecule has 1 aromatic carbocycles. The number of nitrogens with two attached hydrogens (primary N) is 1. The molecular weight excluding hydrogens is 288 g/mol. The van der Waals surface area contributed by atoms with Crippen molar-refractivity contribution in [1.82, 2.24) is 0 Å². The van der Waals surface area contributed by atoms with E-state index in [1.165, 1.54) is 0 Å². The molecule has 0 bridgehead atoms. The molecule has 21 heavy (non-hydrogen) atoms. The Morgan fingerprint density at radius 1 is 1.19 bits per heavy atom. The maximum Gasteiger partial charge on any atom is 0.224 e. The second-order valence-electron chi connectivity index (χ2n) is 5.39. The van der Waals surface area contributed by atoms with Crippen LogP contribution in [0.3, 0.4) is 0 Å². The zero-order chi connectivity index (χ0) is 15.3. The third-order valence-electron chi connectivity index (χ3n) is 3.68. The number of sulfone groups is 1. The van der Waals surface area contributed by atoms with Crippen molar-refractivity contribution in [1.29, 1.82) is 0 Å². The maximum atomic E-state index is 11.8. The lowest BCUT2D eigenvalue weighted by molar-refractivity contribution is -0.116. The predicted molar refractivity (Wildman–Crippen MR) is 83.0 cm³/mol. The highest BCUT2D eigenvalue weighted by atomic mass is 32.2. The topological polar surface area (TPSA) is 89.3 Å². The van der Waals surface area contributed by atoms with E-state index in [1.807, 2.05) is 0 Å². The molecule has 0 saturated carbocycles. The summed E-state index contributed by atoms with van der Waals surface area (Å²) in [5, 5.41) is 2.77. The van der Waals surface area contributed by atoms with Gasteiger partial charge in [-0.2, -0.15) is 0 Å². The second-order valence-corrected chi connectivity index (χ2v) is 7.47. The van der Waals surface area contributed by atoms with Crippen LogP contribution in [0, 0.1) is 0 Å². The fourth-order valence-corrected chi connectivity index (χ4v) is 4.07. The molecule has 3 N–H and O–H groups in total. The molecule has 1 amide bonds. The molecule has 116 valence electrons. The lowest BCUT2D eigenvalue weighted by Crippen LogP contribution is -2.11. The Kier molecular flexibility index (Phi) is 5.36. The van der Waals surface area contributed by atoms with Gasteiger partial charge in [-0.15, -0.1) is 0 Å². The number of hydrogen-bond donors (Lipinski definition) is 2. The number of anilines is 1. The van der Waals surface area contributed by atoms with Crippen molar-refractivity contribution in [2.75, 3.05) is 17.6 Å². The number of fused-ring (bicyclic) bond motifs is 1. The summed E-state index contributed by atoms with van der Waals surface area (Å²) in [6, 6.07) is 5.13. The van der Waals surface area contributed by atoms with Crippen LogP contribution in [0.5, 0.6) is 0 Å². The molecule has 1 aliphatic heterocycles. The van der Waals surface area contributed by atoms with Crippen molar-refractivity contribution in [3.05, 3.63) is 23.8 Å². The third kappa shape index (κ3) is 4.28. The number of carbonyl (C=O) groups excluding carboxylic acids is 1. The molecule has 6 heteroatoms. The van der Waals surface area contributed by atoms with Crippen LogP contribution in [0.25, 0.3) is 0 Å². The first-order chi connectivity index (χ1) is 10.0. The van der Waals surface area contributed by atoms with Gasteiger partial charge in [-0.3, -0.25) is 4.79 Å². The minimum absolute atomic E-state index is 0.0712. The molecule has 0 aromatic heterocycles. The predicted octanol–water partition coefficient (Wildman–Crippen LogP) is 1.86. The molecule has 0 unspecified atom stereocenters. The lowest BCUT2D eigenvalue weighted by atomic mass is 10.1. The molecule has 5 nitrogen and oxygen atoms in total. The number of amides is 1. The highest BCUT2D eigenvalue weighted by molar-refractivity contribution is 7.91. The smallest absolute Gasteiger partial charge is 0.224 e. The monoisotopic (exact) mass is 310 g/mol. The molecule has 0 radical (unpaired) electrons. The number of hydrogen-bond acceptors (Lipinski definition) is 4. The highest BCUT2D eigenvalue weighted by Gasteiger charge is 2.26. The minimum atomic E-state index is -3.15. The summed E-state index contributed by atoms with van der Waals surface area (Å²) < 4.78 is 23.7. The minimum Gasteiger partial charge on any atom is -0.330 e. The van der Waals surface area contributed by atoms with E-state index < -0.39 is 9.84 Å². The standard InChI is InChI=1S/C15H22N2O3S/c16-9-4-2-1-3-5-15(18)17-13-7-6-12-8-10-21(19,20)14(12)11-13/h6-7,11H,1-5,8-10,16H2,(H,17,18). The third-order valence-corrected chi connectivity index (χ3v) is 5.48. The summed E-state index contributed by atoms with van der Waals surface area (Å²) in [6.45, 7) is 0.690. The van der Waals surface area contributed by atoms with Gasteiger partial charge in [0.05, 0.1) is 10.6 Å². The molecule has 1 aromatic rings. The van der Waals surface area contributed by atoms with Crippen LogP contribution in [0.4, 0.5) is 5.69 Å². The molecule has 1 heterocycles. The molecule has 0 aliphatic carbocycles. The van der Waals surface area contributed by atoms with E-state index in [-0.39, 0.29) is 11.7 Å². The number of carbonyl (C=O) groups is 1. The Morgan fingerprint density at radius 3 is 2.71 bits per heavy atom. The van der Waals surface area contributed by atoms with Crippen molar-refractivity contribution < 1.29 is 13.2 Å². The van der Waals surface area contributed by atoms with E-state index in [0.29, 0.717) is 30.0 Å². The van der Waals surface area contributed by atoms with Crippen molar-refractivity contribution >= 4 is 21.4 Å². The van der Waals surface area contributed by atoms with Crippen molar-refractivity contribution in [2.24, 2.45) is 5.73 Å². The van der Waals surface area contributed by atoms with E-state index in [0.717, 1.165) is 31.2 Å². The van der Waals surface area contributed by atoms with Gasteiger partial charge in [-0.1, -0.05) is 18.9 Å². The molecule has 0 atom stereocenters. The number of unbranched alkanes of at least 4 members (excludes halogenated alkanes) is 3. The Labute approximate surface area is 125 Å². The van der Waals surface area contributed by atoms with Crippen LogP contribution in [0.2, 0.25) is 0 Å². The lowest BCUT2D eigenvalue weighted by Gasteiger charge is -2.07. The van der Waals surface area contributed by atoms with E-state index in [1.54, 1.807) is 18.2 Å². The fourth-order valence-electron chi connectivity index (χ4n) is 2.49. The van der Waals surface area contributed by atoms with E-state index >= 15 is 0 Å². The van der Waals surface area contributed by atoms with Crippen LogP contribution < -0.4 is 11.1 Å². The van der Waals surface area contributed by atoms with Crippen LogP contribution in [-0.2, 0) is 21.1 Å². The van der Waals surface area contributed by atoms with E-state index in [9.17, 15) is 13.2 Å². The Balaban J connectivity index is 1.88. The van der Waals surface area contributed by atoms with Crippen molar-refractivity contribution in [3.8, 4) is 0 Å². The van der Waals surface area contributed by atoms with E-state index in [2.05, 4.69) is 5.32 Å². The highest BCUT2D eigenvalue weighted by Crippen LogP contribution is 2.28. The molecular formula is C15H22N2O3S. The Morgan fingerprint density at radius 2 is 1.95 bits per heavy atom. The van der Waals surface area contributed by atoms with Gasteiger partial charge in [-0.05, 0) is 43.5 Å². The second kappa shape index (κ2) is 7.04. The Hall–Kier alpha value is -1.40. The summed E-state index contributed by atoms with van der Waals surface area (Å²) >= 11 is 0. The van der Waals surface area contributed by atoms with Gasteiger partial charge in [0.1, 0.15) is 0 Å². The van der Waals surface area contributed by atoms with Crippen LogP contribution in [0.15, 0.2) is 23.1 Å². The zero-order valence-corrected chi connectivity index (χ0v) is 12.9. The maximum absolute atomic E-state index is 11.8. The summed E-state index contributed by atoms with van der Waals surface area (Å²) in [4.78, 5) is 12.2. The summed E-state index contributed by atoms with van der Waals surface area (Å²) in [5.74, 6) is 0.0963. The molecule has 2 rings (SSSR count). The van der Waals surface area contributed by atoms with Crippen molar-refractivity contribution in [3.63, 3.8) is 0 Å². The van der Waals surface area contributed by atoms with Crippen LogP contribution in [0.1, 0.15) is 37.7 Å². The van der Waals surface area contributed by atoms with Crippen LogP contribution >= 0.6 is 0 Å². The van der Waals surface area contributed by atoms with Gasteiger partial charge in [-0.25, -0.2) is 8.42 Å². The first kappa shape index (κ1) is 16.0. The molecule has 1 aliphatic rings. The molecule has 0 saturated heterocycles. The number of aryl methyl sites for hydroxylation is 1. The normalized spacial score (nSPS) is 15.7. The molecule has 0 spiro atoms. The van der Waals surface area contributed by atoms with Gasteiger partial charge < -0.3 is 11.1 Å². The average Bonchev–Trinajstić information content (AvgIpc) is 2.74. The summed E-state index contributed by atoms with van der Waals surface area (Å²) in [5.41, 5.74) is 6.81. The number of benzene rings is 1. The molecule has 0 fully saturated rings.